The van der Waals surface area contributed by atoms with Crippen molar-refractivity contribution in [3.05, 3.63) is 90.3 Å². The monoisotopic (exact) mass is 381 g/mol. The van der Waals surface area contributed by atoms with E-state index in [4.69, 9.17) is 0 Å². The van der Waals surface area contributed by atoms with E-state index in [-0.39, 0.29) is 16.8 Å². The first kappa shape index (κ1) is 18.6. The van der Waals surface area contributed by atoms with Gasteiger partial charge in [0.2, 0.25) is 0 Å². The summed E-state index contributed by atoms with van der Waals surface area (Å²) >= 11 is 0. The molecule has 1 amide bonds. The number of aromatic nitrogens is 1. The molecule has 0 radical (unpaired) electrons. The summed E-state index contributed by atoms with van der Waals surface area (Å²) < 4.78 is 27.2. The molecule has 1 heterocycles. The van der Waals surface area contributed by atoms with E-state index in [0.717, 1.165) is 5.56 Å². The Bertz CT molecular complexity index is 1010. The Hall–Kier alpha value is -3.19. The average molecular weight is 381 g/mol. The summed E-state index contributed by atoms with van der Waals surface area (Å²) in [4.78, 5) is 16.6. The lowest BCUT2D eigenvalue weighted by Gasteiger charge is -2.14. The average Bonchev–Trinajstić information content (AvgIpc) is 2.69. The minimum absolute atomic E-state index is 0.178. The van der Waals surface area contributed by atoms with Crippen molar-refractivity contribution in [1.29, 1.82) is 0 Å². The van der Waals surface area contributed by atoms with Crippen LogP contribution in [0.5, 0.6) is 0 Å². The van der Waals surface area contributed by atoms with Crippen LogP contribution in [0.1, 0.15) is 28.9 Å². The zero-order chi connectivity index (χ0) is 19.3. The van der Waals surface area contributed by atoms with Gasteiger partial charge < -0.3 is 5.32 Å². The number of rotatable bonds is 6. The molecule has 0 aliphatic heterocycles. The lowest BCUT2D eigenvalue weighted by Crippen LogP contribution is -2.26. The first-order valence-electron chi connectivity index (χ1n) is 8.34. The summed E-state index contributed by atoms with van der Waals surface area (Å²) in [5.74, 6) is -0.246. The van der Waals surface area contributed by atoms with Gasteiger partial charge in [-0.15, -0.1) is 0 Å². The van der Waals surface area contributed by atoms with Crippen LogP contribution in [0.3, 0.4) is 0 Å². The summed E-state index contributed by atoms with van der Waals surface area (Å²) in [7, 11) is -3.66. The molecule has 6 nitrogen and oxygen atoms in total. The highest BCUT2D eigenvalue weighted by atomic mass is 32.2. The maximum absolute atomic E-state index is 12.4. The number of amides is 1. The molecule has 0 bridgehead atoms. The quantitative estimate of drug-likeness (QED) is 0.685. The Morgan fingerprint density at radius 1 is 0.963 bits per heavy atom. The van der Waals surface area contributed by atoms with Gasteiger partial charge in [-0.3, -0.25) is 14.5 Å². The number of hydrogen-bond acceptors (Lipinski definition) is 4. The molecule has 7 heteroatoms. The molecule has 0 aliphatic rings. The number of carbonyl (C=O) groups is 1. The van der Waals surface area contributed by atoms with E-state index in [9.17, 15) is 13.2 Å². The van der Waals surface area contributed by atoms with E-state index < -0.39 is 10.0 Å². The lowest BCUT2D eigenvalue weighted by molar-refractivity contribution is 0.0940. The van der Waals surface area contributed by atoms with Crippen LogP contribution in [0.15, 0.2) is 84.0 Å². The van der Waals surface area contributed by atoms with Gasteiger partial charge in [-0.25, -0.2) is 8.42 Å². The number of carbonyl (C=O) groups excluding carboxylic acids is 1. The van der Waals surface area contributed by atoms with Crippen LogP contribution in [0.25, 0.3) is 0 Å². The molecule has 1 atom stereocenters. The Labute approximate surface area is 158 Å². The van der Waals surface area contributed by atoms with Gasteiger partial charge in [-0.2, -0.15) is 0 Å². The van der Waals surface area contributed by atoms with Crippen molar-refractivity contribution >= 4 is 21.6 Å². The Balaban J connectivity index is 1.67. The fourth-order valence-corrected chi connectivity index (χ4v) is 3.58. The second-order valence-electron chi connectivity index (χ2n) is 5.98. The van der Waals surface area contributed by atoms with Gasteiger partial charge in [-0.05, 0) is 55.0 Å². The van der Waals surface area contributed by atoms with E-state index in [1.54, 1.807) is 54.9 Å². The third kappa shape index (κ3) is 4.71. The van der Waals surface area contributed by atoms with Crippen molar-refractivity contribution in [3.63, 3.8) is 0 Å². The highest BCUT2D eigenvalue weighted by molar-refractivity contribution is 7.92. The van der Waals surface area contributed by atoms with E-state index in [1.165, 1.54) is 12.1 Å². The number of nitrogens with zero attached hydrogens (tertiary/aromatic N) is 1. The van der Waals surface area contributed by atoms with Gasteiger partial charge in [-0.1, -0.05) is 24.3 Å². The second kappa shape index (κ2) is 8.01. The minimum Gasteiger partial charge on any atom is -0.345 e. The zero-order valence-electron chi connectivity index (χ0n) is 14.7. The zero-order valence-corrected chi connectivity index (χ0v) is 15.5. The predicted molar refractivity (Wildman–Crippen MR) is 104 cm³/mol. The number of benzene rings is 2. The molecule has 3 rings (SSSR count). The highest BCUT2D eigenvalue weighted by Gasteiger charge is 2.15. The number of pyridine rings is 1. The van der Waals surface area contributed by atoms with Gasteiger partial charge in [0.05, 0.1) is 10.9 Å². The predicted octanol–water partition coefficient (Wildman–Crippen LogP) is 3.37. The molecule has 0 saturated carbocycles. The van der Waals surface area contributed by atoms with Crippen molar-refractivity contribution in [2.24, 2.45) is 0 Å². The molecule has 1 unspecified atom stereocenters. The summed E-state index contributed by atoms with van der Waals surface area (Å²) in [6.45, 7) is 1.87. The molecule has 0 saturated heterocycles. The standard InChI is InChI=1S/C20H19N3O3S/c1-15(17-6-5-13-21-14-17)22-20(24)16-9-11-18(12-10-16)23-27(25,26)19-7-3-2-4-8-19/h2-15,23H,1H3,(H,22,24). The first-order chi connectivity index (χ1) is 13.0. The normalized spacial score (nSPS) is 12.2. The third-order valence-electron chi connectivity index (χ3n) is 3.98. The smallest absolute Gasteiger partial charge is 0.261 e. The first-order valence-corrected chi connectivity index (χ1v) is 9.83. The molecule has 1 aromatic heterocycles. The van der Waals surface area contributed by atoms with Gasteiger partial charge in [0.25, 0.3) is 15.9 Å². The van der Waals surface area contributed by atoms with Crippen molar-refractivity contribution in [1.82, 2.24) is 10.3 Å². The summed E-state index contributed by atoms with van der Waals surface area (Å²) in [5, 5.41) is 2.89. The van der Waals surface area contributed by atoms with Crippen LogP contribution >= 0.6 is 0 Å². The van der Waals surface area contributed by atoms with Crippen molar-refractivity contribution in [2.45, 2.75) is 17.9 Å². The van der Waals surface area contributed by atoms with Crippen molar-refractivity contribution in [2.75, 3.05) is 4.72 Å². The van der Waals surface area contributed by atoms with E-state index in [1.807, 2.05) is 19.1 Å². The van der Waals surface area contributed by atoms with E-state index in [0.29, 0.717) is 11.3 Å². The van der Waals surface area contributed by atoms with Gasteiger partial charge in [0.1, 0.15) is 0 Å². The third-order valence-corrected chi connectivity index (χ3v) is 5.38. The van der Waals surface area contributed by atoms with Crippen molar-refractivity contribution in [3.8, 4) is 0 Å². The number of anilines is 1. The van der Waals surface area contributed by atoms with Crippen LogP contribution in [-0.2, 0) is 10.0 Å². The topological polar surface area (TPSA) is 88.2 Å². The molecule has 3 aromatic rings. The largest absolute Gasteiger partial charge is 0.345 e. The molecule has 0 aliphatic carbocycles. The number of hydrogen-bond donors (Lipinski definition) is 2. The van der Waals surface area contributed by atoms with Crippen LogP contribution in [0.4, 0.5) is 5.69 Å². The molecule has 27 heavy (non-hydrogen) atoms. The molecule has 0 fully saturated rings. The fraction of sp³-hybridized carbons (Fsp3) is 0.100. The van der Waals surface area contributed by atoms with Crippen LogP contribution in [-0.4, -0.2) is 19.3 Å². The van der Waals surface area contributed by atoms with Gasteiger partial charge in [0.15, 0.2) is 0 Å². The second-order valence-corrected chi connectivity index (χ2v) is 7.66. The van der Waals surface area contributed by atoms with Gasteiger partial charge >= 0.3 is 0 Å². The van der Waals surface area contributed by atoms with E-state index in [2.05, 4.69) is 15.0 Å². The Kier molecular flexibility index (Phi) is 5.52. The lowest BCUT2D eigenvalue weighted by atomic mass is 10.1. The summed E-state index contributed by atoms with van der Waals surface area (Å²) in [6.07, 6.45) is 3.37. The summed E-state index contributed by atoms with van der Waals surface area (Å²) in [5.41, 5.74) is 1.72. The molecule has 0 spiro atoms. The number of sulfonamides is 1. The Morgan fingerprint density at radius 2 is 1.67 bits per heavy atom. The van der Waals surface area contributed by atoms with Crippen LogP contribution in [0, 0.1) is 0 Å². The van der Waals surface area contributed by atoms with Crippen LogP contribution in [0.2, 0.25) is 0 Å². The van der Waals surface area contributed by atoms with Crippen LogP contribution < -0.4 is 10.0 Å². The minimum atomic E-state index is -3.66. The molecule has 2 aromatic carbocycles. The maximum atomic E-state index is 12.4. The maximum Gasteiger partial charge on any atom is 0.261 e. The molecule has 138 valence electrons. The SMILES string of the molecule is CC(NC(=O)c1ccc(NS(=O)(=O)c2ccccc2)cc1)c1cccnc1. The highest BCUT2D eigenvalue weighted by Crippen LogP contribution is 2.17. The fourth-order valence-electron chi connectivity index (χ4n) is 2.50. The summed E-state index contributed by atoms with van der Waals surface area (Å²) in [6, 6.07) is 17.9. The number of nitrogens with one attached hydrogen (secondary N) is 2. The van der Waals surface area contributed by atoms with E-state index >= 15 is 0 Å². The molecular formula is C20H19N3O3S. The van der Waals surface area contributed by atoms with Crippen molar-refractivity contribution < 1.29 is 13.2 Å². The van der Waals surface area contributed by atoms with Gasteiger partial charge in [0, 0.05) is 23.6 Å². The Morgan fingerprint density at radius 3 is 2.30 bits per heavy atom. The molecule has 2 N–H and O–H groups in total. The molecular weight excluding hydrogens is 362 g/mol.